The molecule has 27 heavy (non-hydrogen) atoms. The minimum Gasteiger partial charge on any atom is -0.479 e. The maximum absolute atomic E-state index is 13.8. The number of methoxy groups -OCH3 is 1. The number of rotatable bonds is 6. The van der Waals surface area contributed by atoms with Crippen molar-refractivity contribution in [1.29, 1.82) is 0 Å². The second-order valence-corrected chi connectivity index (χ2v) is 7.69. The van der Waals surface area contributed by atoms with Crippen LogP contribution in [0.2, 0.25) is 5.02 Å². The van der Waals surface area contributed by atoms with Crippen LogP contribution in [0.15, 0.2) is 41.4 Å². The molecule has 0 amide bonds. The van der Waals surface area contributed by atoms with E-state index in [1.54, 1.807) is 0 Å². The third kappa shape index (κ3) is 4.50. The number of hydrogen-bond donors (Lipinski definition) is 0. The van der Waals surface area contributed by atoms with Gasteiger partial charge in [0.2, 0.25) is 15.9 Å². The molecule has 0 radical (unpaired) electrons. The van der Waals surface area contributed by atoms with E-state index in [1.807, 2.05) is 0 Å². The number of sulfonamides is 1. The molecule has 0 aliphatic rings. The van der Waals surface area contributed by atoms with Crippen LogP contribution >= 0.6 is 11.6 Å². The highest BCUT2D eigenvalue weighted by Crippen LogP contribution is 2.40. The largest absolute Gasteiger partial charge is 0.479 e. The summed E-state index contributed by atoms with van der Waals surface area (Å²) in [6.45, 7) is 0.738. The zero-order valence-corrected chi connectivity index (χ0v) is 15.7. The molecule has 0 bridgehead atoms. The normalized spacial score (nSPS) is 13.6. The van der Waals surface area contributed by atoms with E-state index in [0.717, 1.165) is 25.4 Å². The van der Waals surface area contributed by atoms with Crippen LogP contribution in [0, 0.1) is 5.82 Å². The second kappa shape index (κ2) is 7.99. The molecule has 0 aliphatic heterocycles. The molecule has 148 valence electrons. The van der Waals surface area contributed by atoms with Gasteiger partial charge in [0, 0.05) is 17.6 Å². The summed E-state index contributed by atoms with van der Waals surface area (Å²) in [6, 6.07) is 2.72. The van der Waals surface area contributed by atoms with Crippen molar-refractivity contribution >= 4 is 21.6 Å². The Morgan fingerprint density at radius 3 is 2.30 bits per heavy atom. The number of aromatic nitrogens is 1. The highest BCUT2D eigenvalue weighted by molar-refractivity contribution is 7.89. The number of hydrogen-bond acceptors (Lipinski definition) is 4. The number of benzene rings is 1. The first-order valence-corrected chi connectivity index (χ1v) is 9.37. The summed E-state index contributed by atoms with van der Waals surface area (Å²) >= 11 is 5.70. The van der Waals surface area contributed by atoms with Crippen LogP contribution in [-0.4, -0.2) is 37.5 Å². The van der Waals surface area contributed by atoms with Gasteiger partial charge in [-0.25, -0.2) is 17.8 Å². The zero-order valence-electron chi connectivity index (χ0n) is 14.2. The van der Waals surface area contributed by atoms with Crippen LogP contribution in [0.4, 0.5) is 17.6 Å². The van der Waals surface area contributed by atoms with Gasteiger partial charge in [0.25, 0.3) is 0 Å². The number of alkyl halides is 3. The van der Waals surface area contributed by atoms with E-state index in [4.69, 9.17) is 11.6 Å². The van der Waals surface area contributed by atoms with Crippen molar-refractivity contribution in [2.75, 3.05) is 13.7 Å². The third-order valence-corrected chi connectivity index (χ3v) is 5.84. The monoisotopic (exact) mass is 426 g/mol. The summed E-state index contributed by atoms with van der Waals surface area (Å²) in [5.74, 6) is -1.58. The van der Waals surface area contributed by atoms with Gasteiger partial charge in [0.1, 0.15) is 10.9 Å². The fourth-order valence-corrected chi connectivity index (χ4v) is 4.18. The molecule has 1 atom stereocenters. The summed E-state index contributed by atoms with van der Waals surface area (Å²) in [4.78, 5) is 2.77. The molecular weight excluding hydrogens is 412 g/mol. The summed E-state index contributed by atoms with van der Waals surface area (Å²) in [5, 5.41) is 0.201. The highest BCUT2D eigenvalue weighted by Gasteiger charge is 2.48. The van der Waals surface area contributed by atoms with Gasteiger partial charge in [0.05, 0.1) is 13.3 Å². The molecule has 1 aromatic heterocycles. The summed E-state index contributed by atoms with van der Waals surface area (Å²) in [6.07, 6.45) is -4.18. The first kappa shape index (κ1) is 21.4. The molecule has 0 fully saturated rings. The topological polar surface area (TPSA) is 59.5 Å². The van der Waals surface area contributed by atoms with Crippen LogP contribution in [0.3, 0.4) is 0 Å². The molecule has 11 heteroatoms. The standard InChI is InChI=1S/C16H15ClF4N2O3S/c1-3-23(14(16(19,20)21)10-4-6-11(17)7-5-10)27(24,25)12-8-13(18)15(26-2)22-9-12/h4-9,14H,3H2,1-2H3. The number of pyridine rings is 1. The van der Waals surface area contributed by atoms with Crippen molar-refractivity contribution < 1.29 is 30.7 Å². The van der Waals surface area contributed by atoms with E-state index in [9.17, 15) is 26.0 Å². The first-order valence-electron chi connectivity index (χ1n) is 7.56. The second-order valence-electron chi connectivity index (χ2n) is 5.37. The lowest BCUT2D eigenvalue weighted by Gasteiger charge is -2.31. The fraction of sp³-hybridized carbons (Fsp3) is 0.312. The lowest BCUT2D eigenvalue weighted by atomic mass is 10.1. The van der Waals surface area contributed by atoms with E-state index in [2.05, 4.69) is 9.72 Å². The molecule has 5 nitrogen and oxygen atoms in total. The van der Waals surface area contributed by atoms with Gasteiger partial charge in [-0.2, -0.15) is 17.5 Å². The minimum absolute atomic E-state index is 0.201. The van der Waals surface area contributed by atoms with Crippen molar-refractivity contribution in [3.63, 3.8) is 0 Å². The Kier molecular flexibility index (Phi) is 6.33. The molecule has 0 N–H and O–H groups in total. The van der Waals surface area contributed by atoms with E-state index in [0.29, 0.717) is 6.07 Å². The predicted octanol–water partition coefficient (Wildman–Crippen LogP) is 4.20. The SMILES string of the molecule is CCN(C(c1ccc(Cl)cc1)C(F)(F)F)S(=O)(=O)c1cnc(OC)c(F)c1. The fourth-order valence-electron chi connectivity index (χ4n) is 2.49. The van der Waals surface area contributed by atoms with Gasteiger partial charge >= 0.3 is 6.18 Å². The van der Waals surface area contributed by atoms with Crippen molar-refractivity contribution in [2.45, 2.75) is 24.0 Å². The van der Waals surface area contributed by atoms with Gasteiger partial charge in [-0.15, -0.1) is 0 Å². The molecule has 0 spiro atoms. The molecule has 1 unspecified atom stereocenters. The quantitative estimate of drug-likeness (QED) is 0.650. The van der Waals surface area contributed by atoms with Crippen molar-refractivity contribution in [2.24, 2.45) is 0 Å². The van der Waals surface area contributed by atoms with Crippen molar-refractivity contribution in [1.82, 2.24) is 9.29 Å². The highest BCUT2D eigenvalue weighted by atomic mass is 35.5. The Bertz CT molecular complexity index is 905. The van der Waals surface area contributed by atoms with Crippen LogP contribution in [0.1, 0.15) is 18.5 Å². The van der Waals surface area contributed by atoms with E-state index in [-0.39, 0.29) is 14.9 Å². The average Bonchev–Trinajstić information content (AvgIpc) is 2.59. The van der Waals surface area contributed by atoms with E-state index in [1.165, 1.54) is 19.1 Å². The van der Waals surface area contributed by atoms with Crippen molar-refractivity contribution in [3.8, 4) is 5.88 Å². The first-order chi connectivity index (χ1) is 12.5. The summed E-state index contributed by atoms with van der Waals surface area (Å²) < 4.78 is 85.5. The number of nitrogens with zero attached hydrogens (tertiary/aromatic N) is 2. The van der Waals surface area contributed by atoms with Gasteiger partial charge in [-0.3, -0.25) is 0 Å². The smallest absolute Gasteiger partial charge is 0.409 e. The van der Waals surface area contributed by atoms with Crippen LogP contribution in [-0.2, 0) is 10.0 Å². The minimum atomic E-state index is -4.92. The van der Waals surface area contributed by atoms with E-state index >= 15 is 0 Å². The Labute approximate surface area is 158 Å². The lowest BCUT2D eigenvalue weighted by Crippen LogP contribution is -2.42. The van der Waals surface area contributed by atoms with E-state index < -0.39 is 45.4 Å². The molecule has 1 aromatic carbocycles. The summed E-state index contributed by atoms with van der Waals surface area (Å²) in [5.41, 5.74) is -0.320. The van der Waals surface area contributed by atoms with Gasteiger partial charge in [-0.05, 0) is 17.7 Å². The number of ether oxygens (including phenoxy) is 1. The Hall–Kier alpha value is -1.91. The third-order valence-electron chi connectivity index (χ3n) is 3.68. The molecule has 1 heterocycles. The predicted molar refractivity (Wildman–Crippen MR) is 90.6 cm³/mol. The lowest BCUT2D eigenvalue weighted by molar-refractivity contribution is -0.173. The molecule has 0 saturated carbocycles. The molecule has 0 saturated heterocycles. The zero-order chi connectivity index (χ0) is 20.4. The van der Waals surface area contributed by atoms with Crippen LogP contribution in [0.25, 0.3) is 0 Å². The average molecular weight is 427 g/mol. The maximum Gasteiger partial charge on any atom is 0.409 e. The molecule has 2 aromatic rings. The summed E-state index contributed by atoms with van der Waals surface area (Å²) in [7, 11) is -3.59. The Morgan fingerprint density at radius 2 is 1.85 bits per heavy atom. The number of halogens is 5. The maximum atomic E-state index is 13.8. The van der Waals surface area contributed by atoms with Gasteiger partial charge in [-0.1, -0.05) is 30.7 Å². The Morgan fingerprint density at radius 1 is 1.26 bits per heavy atom. The van der Waals surface area contributed by atoms with Gasteiger partial charge in [0.15, 0.2) is 5.82 Å². The molecular formula is C16H15ClF4N2O3S. The van der Waals surface area contributed by atoms with Crippen LogP contribution < -0.4 is 4.74 Å². The van der Waals surface area contributed by atoms with Crippen LogP contribution in [0.5, 0.6) is 5.88 Å². The molecule has 0 aliphatic carbocycles. The van der Waals surface area contributed by atoms with Gasteiger partial charge < -0.3 is 4.74 Å². The van der Waals surface area contributed by atoms with Crippen molar-refractivity contribution in [3.05, 3.63) is 52.9 Å². The Balaban J connectivity index is 2.58. The molecule has 2 rings (SSSR count).